The second-order valence-electron chi connectivity index (χ2n) is 4.97. The van der Waals surface area contributed by atoms with Gasteiger partial charge in [0.2, 0.25) is 5.91 Å². The summed E-state index contributed by atoms with van der Waals surface area (Å²) in [6.07, 6.45) is 0. The molecule has 0 heterocycles. The molecule has 0 aliphatic heterocycles. The first-order valence-corrected chi connectivity index (χ1v) is 7.18. The fraction of sp³-hybridized carbons (Fsp3) is 0.125. The number of carbonyl (C=O) groups is 2. The van der Waals surface area contributed by atoms with Gasteiger partial charge in [0.15, 0.2) is 17.4 Å². The Hall–Kier alpha value is -2.67. The number of hydrogen-bond acceptors (Lipinski definition) is 3. The summed E-state index contributed by atoms with van der Waals surface area (Å²) < 4.78 is 26.6. The molecule has 126 valence electrons. The van der Waals surface area contributed by atoms with Gasteiger partial charge in [0.1, 0.15) is 0 Å². The number of carbonyl (C=O) groups excluding carboxylic acids is 2. The molecule has 0 atom stereocenters. The quantitative estimate of drug-likeness (QED) is 0.789. The molecule has 0 bridgehead atoms. The molecule has 0 saturated carbocycles. The number of benzene rings is 2. The van der Waals surface area contributed by atoms with E-state index in [1.165, 1.54) is 0 Å². The molecule has 3 N–H and O–H groups in total. The summed E-state index contributed by atoms with van der Waals surface area (Å²) in [5.41, 5.74) is 0.708. The van der Waals surface area contributed by atoms with Crippen molar-refractivity contribution >= 4 is 29.1 Å². The van der Waals surface area contributed by atoms with Crippen molar-refractivity contribution in [2.24, 2.45) is 0 Å². The zero-order chi connectivity index (χ0) is 17.9. The van der Waals surface area contributed by atoms with E-state index in [2.05, 4.69) is 10.6 Å². The number of hydrogen-bond donors (Lipinski definition) is 3. The normalized spacial score (nSPS) is 10.3. The molecular formula is C16H13ClF2N2O3. The van der Waals surface area contributed by atoms with Crippen molar-refractivity contribution in [3.05, 3.63) is 58.1 Å². The molecule has 0 aliphatic rings. The molecule has 0 saturated heterocycles. The van der Waals surface area contributed by atoms with E-state index in [1.54, 1.807) is 18.2 Å². The van der Waals surface area contributed by atoms with E-state index in [0.717, 1.165) is 17.7 Å². The summed E-state index contributed by atoms with van der Waals surface area (Å²) in [5, 5.41) is 14.1. The minimum Gasteiger partial charge on any atom is -0.503 e. The molecule has 5 nitrogen and oxygen atoms in total. The van der Waals surface area contributed by atoms with E-state index in [-0.39, 0.29) is 0 Å². The van der Waals surface area contributed by atoms with Gasteiger partial charge in [0, 0.05) is 0 Å². The highest BCUT2D eigenvalue weighted by Gasteiger charge is 2.18. The van der Waals surface area contributed by atoms with Gasteiger partial charge >= 0.3 is 0 Å². The van der Waals surface area contributed by atoms with Gasteiger partial charge in [-0.15, -0.1) is 0 Å². The number of phenolic OH excluding ortho intramolecular Hbond substituents is 1. The Morgan fingerprint density at radius 1 is 1.21 bits per heavy atom. The highest BCUT2D eigenvalue weighted by molar-refractivity contribution is 6.33. The van der Waals surface area contributed by atoms with Gasteiger partial charge in [0.25, 0.3) is 5.91 Å². The van der Waals surface area contributed by atoms with Crippen molar-refractivity contribution in [2.75, 3.05) is 11.9 Å². The van der Waals surface area contributed by atoms with Crippen LogP contribution in [0.4, 0.5) is 14.5 Å². The van der Waals surface area contributed by atoms with Crippen LogP contribution in [0.1, 0.15) is 15.9 Å². The van der Waals surface area contributed by atoms with Gasteiger partial charge in [-0.05, 0) is 36.8 Å². The largest absolute Gasteiger partial charge is 0.503 e. The summed E-state index contributed by atoms with van der Waals surface area (Å²) >= 11 is 5.97. The van der Waals surface area contributed by atoms with Crippen LogP contribution in [0, 0.1) is 18.6 Å². The zero-order valence-electron chi connectivity index (χ0n) is 12.5. The van der Waals surface area contributed by atoms with Crippen molar-refractivity contribution in [1.82, 2.24) is 5.32 Å². The maximum Gasteiger partial charge on any atom is 0.254 e. The molecule has 24 heavy (non-hydrogen) atoms. The van der Waals surface area contributed by atoms with Crippen molar-refractivity contribution in [3.63, 3.8) is 0 Å². The number of nitrogens with one attached hydrogen (secondary N) is 2. The molecule has 0 aromatic heterocycles. The number of aryl methyl sites for hydroxylation is 1. The Morgan fingerprint density at radius 2 is 1.92 bits per heavy atom. The van der Waals surface area contributed by atoms with Crippen LogP contribution in [0.5, 0.6) is 5.75 Å². The molecule has 0 radical (unpaired) electrons. The third-order valence-corrected chi connectivity index (χ3v) is 3.43. The molecule has 2 amide bonds. The lowest BCUT2D eigenvalue weighted by atomic mass is 10.1. The lowest BCUT2D eigenvalue weighted by Gasteiger charge is -2.10. The minimum absolute atomic E-state index is 0.337. The van der Waals surface area contributed by atoms with Crippen molar-refractivity contribution in [3.8, 4) is 5.75 Å². The topological polar surface area (TPSA) is 78.4 Å². The van der Waals surface area contributed by atoms with E-state index in [0.29, 0.717) is 10.7 Å². The van der Waals surface area contributed by atoms with Gasteiger partial charge in [-0.3, -0.25) is 9.59 Å². The number of rotatable bonds is 4. The molecular weight excluding hydrogens is 342 g/mol. The first kappa shape index (κ1) is 17.7. The highest BCUT2D eigenvalue weighted by Crippen LogP contribution is 2.23. The fourth-order valence-corrected chi connectivity index (χ4v) is 2.17. The summed E-state index contributed by atoms with van der Waals surface area (Å²) in [7, 11) is 0. The lowest BCUT2D eigenvalue weighted by molar-refractivity contribution is -0.115. The third-order valence-electron chi connectivity index (χ3n) is 3.12. The van der Waals surface area contributed by atoms with Crippen LogP contribution in [0.15, 0.2) is 30.3 Å². The van der Waals surface area contributed by atoms with Crippen molar-refractivity contribution in [1.29, 1.82) is 0 Å². The van der Waals surface area contributed by atoms with E-state index in [1.807, 2.05) is 6.92 Å². The minimum atomic E-state index is -1.39. The molecule has 2 aromatic rings. The van der Waals surface area contributed by atoms with Gasteiger partial charge in [-0.2, -0.15) is 0 Å². The highest BCUT2D eigenvalue weighted by atomic mass is 35.5. The Balaban J connectivity index is 1.99. The smallest absolute Gasteiger partial charge is 0.254 e. The Morgan fingerprint density at radius 3 is 2.58 bits per heavy atom. The second-order valence-corrected chi connectivity index (χ2v) is 5.38. The van der Waals surface area contributed by atoms with Crippen LogP contribution in [0.2, 0.25) is 5.02 Å². The molecule has 2 aromatic carbocycles. The third kappa shape index (κ3) is 3.99. The van der Waals surface area contributed by atoms with Crippen LogP contribution in [-0.2, 0) is 4.79 Å². The first-order valence-electron chi connectivity index (χ1n) is 6.80. The summed E-state index contributed by atoms with van der Waals surface area (Å²) in [6.45, 7) is 1.38. The molecule has 0 unspecified atom stereocenters. The molecule has 8 heteroatoms. The second kappa shape index (κ2) is 7.27. The van der Waals surface area contributed by atoms with Gasteiger partial charge in [-0.1, -0.05) is 17.7 Å². The lowest BCUT2D eigenvalue weighted by Crippen LogP contribution is -2.33. The monoisotopic (exact) mass is 354 g/mol. The van der Waals surface area contributed by atoms with E-state index >= 15 is 0 Å². The van der Waals surface area contributed by atoms with Crippen LogP contribution in [-0.4, -0.2) is 23.5 Å². The number of aromatic hydroxyl groups is 1. The summed E-state index contributed by atoms with van der Waals surface area (Å²) in [6, 6.07) is 6.63. The van der Waals surface area contributed by atoms with E-state index in [4.69, 9.17) is 16.7 Å². The predicted molar refractivity (Wildman–Crippen MR) is 85.2 cm³/mol. The fourth-order valence-electron chi connectivity index (χ4n) is 1.89. The Kier molecular flexibility index (Phi) is 5.35. The maximum absolute atomic E-state index is 13.6. The Bertz CT molecular complexity index is 812. The summed E-state index contributed by atoms with van der Waals surface area (Å²) in [5.74, 6) is -5.38. The molecule has 0 spiro atoms. The van der Waals surface area contributed by atoms with Crippen LogP contribution >= 0.6 is 11.6 Å². The molecule has 0 aliphatic carbocycles. The average Bonchev–Trinajstić information content (AvgIpc) is 2.53. The van der Waals surface area contributed by atoms with E-state index in [9.17, 15) is 18.4 Å². The number of phenols is 1. The number of anilines is 1. The number of amides is 2. The van der Waals surface area contributed by atoms with Gasteiger partial charge < -0.3 is 15.7 Å². The maximum atomic E-state index is 13.6. The standard InChI is InChI=1S/C16H13ClF2N2O3/c1-8-2-5-12(10(17)6-8)21-13(22)7-20-16(24)9-3-4-11(18)15(23)14(9)19/h2-6,23H,7H2,1H3,(H,20,24)(H,21,22). The summed E-state index contributed by atoms with van der Waals surface area (Å²) in [4.78, 5) is 23.6. The molecule has 0 fully saturated rings. The van der Waals surface area contributed by atoms with Crippen LogP contribution in [0.25, 0.3) is 0 Å². The average molecular weight is 355 g/mol. The number of halogens is 3. The van der Waals surface area contributed by atoms with Gasteiger partial charge in [0.05, 0.1) is 22.8 Å². The first-order chi connectivity index (χ1) is 11.3. The van der Waals surface area contributed by atoms with Crippen molar-refractivity contribution < 1.29 is 23.5 Å². The van der Waals surface area contributed by atoms with Crippen molar-refractivity contribution in [2.45, 2.75) is 6.92 Å². The molecule has 2 rings (SSSR count). The van der Waals surface area contributed by atoms with Crippen LogP contribution in [0.3, 0.4) is 0 Å². The van der Waals surface area contributed by atoms with Gasteiger partial charge in [-0.25, -0.2) is 8.78 Å². The Labute approximate surface area is 141 Å². The SMILES string of the molecule is Cc1ccc(NC(=O)CNC(=O)c2ccc(F)c(O)c2F)c(Cl)c1. The van der Waals surface area contributed by atoms with E-state index < -0.39 is 41.3 Å². The van der Waals surface area contributed by atoms with Crippen LogP contribution < -0.4 is 10.6 Å². The predicted octanol–water partition coefficient (Wildman–Crippen LogP) is 3.00. The zero-order valence-corrected chi connectivity index (χ0v) is 13.2.